The molecule has 1 fully saturated rings. The zero-order valence-corrected chi connectivity index (χ0v) is 19.4. The molecule has 0 aromatic heterocycles. The summed E-state index contributed by atoms with van der Waals surface area (Å²) in [4.78, 5) is 56.7. The van der Waals surface area contributed by atoms with Gasteiger partial charge in [-0.3, -0.25) is 14.5 Å². The average molecular weight is 487 g/mol. The normalized spacial score (nSPS) is 18.9. The second kappa shape index (κ2) is 8.52. The highest BCUT2D eigenvalue weighted by Crippen LogP contribution is 2.54. The molecule has 0 radical (unpaired) electrons. The molecule has 8 heteroatoms. The van der Waals surface area contributed by atoms with Crippen LogP contribution in [0.25, 0.3) is 5.57 Å². The van der Waals surface area contributed by atoms with Crippen LogP contribution in [-0.4, -0.2) is 40.7 Å². The number of urea groups is 1. The van der Waals surface area contributed by atoms with Gasteiger partial charge >= 0.3 is 12.0 Å². The Morgan fingerprint density at radius 3 is 2.09 bits per heavy atom. The number of allylic oxidation sites excluding steroid dienone is 1. The molecule has 1 atom stereocenters. The Morgan fingerprint density at radius 1 is 0.886 bits per heavy atom. The van der Waals surface area contributed by atoms with Crippen LogP contribution in [0.3, 0.4) is 0 Å². The summed E-state index contributed by atoms with van der Waals surface area (Å²) in [6.45, 7) is 1.59. The van der Waals surface area contributed by atoms with E-state index in [4.69, 9.17) is 16.3 Å². The molecular weight excluding hydrogens is 468 g/mol. The first-order valence-electron chi connectivity index (χ1n) is 10.9. The number of hydrogen-bond acceptors (Lipinski definition) is 5. The van der Waals surface area contributed by atoms with E-state index in [1.165, 1.54) is 0 Å². The van der Waals surface area contributed by atoms with Gasteiger partial charge in [0.05, 0.1) is 12.3 Å². The topological polar surface area (TPSA) is 84.0 Å². The smallest absolute Gasteiger partial charge is 0.347 e. The van der Waals surface area contributed by atoms with Gasteiger partial charge in [-0.1, -0.05) is 72.3 Å². The number of fused-ring (bicyclic) bond motifs is 1. The Balaban J connectivity index is 1.78. The SMILES string of the molecule is CCOC(=O)C12C(=O)N(c3ccccc3)C(=O)N1C(C(=O)c1ccccc1)=C2c1ccc(Cl)cc1. The lowest BCUT2D eigenvalue weighted by Crippen LogP contribution is -2.65. The molecule has 7 nitrogen and oxygen atoms in total. The van der Waals surface area contributed by atoms with E-state index in [0.29, 0.717) is 16.1 Å². The van der Waals surface area contributed by atoms with Crippen molar-refractivity contribution in [1.29, 1.82) is 0 Å². The number of ether oxygens (including phenoxy) is 1. The molecule has 35 heavy (non-hydrogen) atoms. The van der Waals surface area contributed by atoms with E-state index in [1.54, 1.807) is 91.9 Å². The van der Waals surface area contributed by atoms with Crippen LogP contribution >= 0.6 is 11.6 Å². The highest BCUT2D eigenvalue weighted by molar-refractivity contribution is 6.42. The number of amides is 3. The van der Waals surface area contributed by atoms with Crippen molar-refractivity contribution in [2.75, 3.05) is 11.5 Å². The van der Waals surface area contributed by atoms with Crippen LogP contribution < -0.4 is 4.90 Å². The Morgan fingerprint density at radius 2 is 1.49 bits per heavy atom. The molecule has 174 valence electrons. The summed E-state index contributed by atoms with van der Waals surface area (Å²) in [5, 5.41) is 0.436. The van der Waals surface area contributed by atoms with Crippen molar-refractivity contribution in [1.82, 2.24) is 4.90 Å². The number of hydrogen-bond donors (Lipinski definition) is 0. The molecule has 0 saturated carbocycles. The van der Waals surface area contributed by atoms with Gasteiger partial charge in [0.25, 0.3) is 11.4 Å². The zero-order chi connectivity index (χ0) is 24.7. The van der Waals surface area contributed by atoms with Gasteiger partial charge in [-0.25, -0.2) is 14.5 Å². The maximum Gasteiger partial charge on any atom is 0.347 e. The molecule has 0 aliphatic carbocycles. The second-order valence-corrected chi connectivity index (χ2v) is 8.39. The number of anilines is 1. The number of ketones is 1. The first-order chi connectivity index (χ1) is 16.9. The third-order valence-electron chi connectivity index (χ3n) is 6.02. The minimum Gasteiger partial charge on any atom is -0.464 e. The Labute approximate surface area is 206 Å². The highest BCUT2D eigenvalue weighted by atomic mass is 35.5. The summed E-state index contributed by atoms with van der Waals surface area (Å²) in [5.74, 6) is -2.22. The van der Waals surface area contributed by atoms with Crippen LogP contribution in [0, 0.1) is 0 Å². The van der Waals surface area contributed by atoms with Crippen LogP contribution in [0.15, 0.2) is 90.6 Å². The molecule has 3 aromatic rings. The number of rotatable bonds is 6. The van der Waals surface area contributed by atoms with Gasteiger partial charge in [0.2, 0.25) is 5.78 Å². The van der Waals surface area contributed by atoms with Crippen LogP contribution in [0.2, 0.25) is 5.02 Å². The summed E-state index contributed by atoms with van der Waals surface area (Å²) >= 11 is 6.07. The molecule has 3 aromatic carbocycles. The number of benzene rings is 3. The number of Topliss-reactive ketones (excluding diaryl/α,β-unsaturated/α-hetero) is 1. The van der Waals surface area contributed by atoms with Crippen LogP contribution in [-0.2, 0) is 14.3 Å². The fraction of sp³-hybridized carbons (Fsp3) is 0.111. The van der Waals surface area contributed by atoms with E-state index in [0.717, 1.165) is 9.80 Å². The average Bonchev–Trinajstić information content (AvgIpc) is 3.04. The van der Waals surface area contributed by atoms with Crippen LogP contribution in [0.5, 0.6) is 0 Å². The number of imide groups is 1. The van der Waals surface area contributed by atoms with E-state index in [-0.39, 0.29) is 23.6 Å². The molecular formula is C27H19ClN2O5. The van der Waals surface area contributed by atoms with Crippen molar-refractivity contribution in [3.05, 3.63) is 107 Å². The Kier molecular flexibility index (Phi) is 5.49. The van der Waals surface area contributed by atoms with E-state index in [2.05, 4.69) is 0 Å². The van der Waals surface area contributed by atoms with Crippen molar-refractivity contribution in [2.45, 2.75) is 12.5 Å². The number of halogens is 1. The van der Waals surface area contributed by atoms with Gasteiger partial charge in [0, 0.05) is 16.2 Å². The Bertz CT molecular complexity index is 1390. The lowest BCUT2D eigenvalue weighted by Gasteiger charge is -2.45. The summed E-state index contributed by atoms with van der Waals surface area (Å²) in [5.41, 5.74) is -1.07. The lowest BCUT2D eigenvalue weighted by atomic mass is 9.73. The molecule has 5 rings (SSSR count). The van der Waals surface area contributed by atoms with Gasteiger partial charge in [-0.15, -0.1) is 0 Å². The molecule has 1 saturated heterocycles. The molecule has 0 N–H and O–H groups in total. The van der Waals surface area contributed by atoms with E-state index in [1.807, 2.05) is 0 Å². The van der Waals surface area contributed by atoms with Crippen LogP contribution in [0.4, 0.5) is 10.5 Å². The van der Waals surface area contributed by atoms with Crippen molar-refractivity contribution < 1.29 is 23.9 Å². The molecule has 2 aliphatic heterocycles. The fourth-order valence-electron chi connectivity index (χ4n) is 4.52. The molecule has 1 unspecified atom stereocenters. The number of esters is 1. The Hall–Kier alpha value is -4.23. The molecule has 0 bridgehead atoms. The summed E-state index contributed by atoms with van der Waals surface area (Å²) in [6.07, 6.45) is 0. The number of carbonyl (C=O) groups excluding carboxylic acids is 4. The summed E-state index contributed by atoms with van der Waals surface area (Å²) < 4.78 is 5.31. The largest absolute Gasteiger partial charge is 0.464 e. The third kappa shape index (κ3) is 3.19. The number of nitrogens with zero attached hydrogens (tertiary/aromatic N) is 2. The van der Waals surface area contributed by atoms with E-state index >= 15 is 0 Å². The van der Waals surface area contributed by atoms with Gasteiger partial charge in [0.15, 0.2) is 0 Å². The fourth-order valence-corrected chi connectivity index (χ4v) is 4.65. The molecule has 0 spiro atoms. The number of para-hydroxylation sites is 1. The van der Waals surface area contributed by atoms with Gasteiger partial charge in [-0.05, 0) is 36.8 Å². The monoisotopic (exact) mass is 486 g/mol. The van der Waals surface area contributed by atoms with Gasteiger partial charge in [-0.2, -0.15) is 0 Å². The van der Waals surface area contributed by atoms with Gasteiger partial charge in [0.1, 0.15) is 5.70 Å². The molecule has 2 heterocycles. The third-order valence-corrected chi connectivity index (χ3v) is 6.27. The summed E-state index contributed by atoms with van der Waals surface area (Å²) in [6, 6.07) is 22.2. The standard InChI is InChI=1S/C27H19ClN2O5/c1-2-35-25(33)27-21(17-13-15-19(28)16-14-17)22(23(31)18-9-5-3-6-10-18)30(27)26(34)29(24(27)32)20-11-7-4-8-12-20/h3-16H,2H2,1H3. The summed E-state index contributed by atoms with van der Waals surface area (Å²) in [7, 11) is 0. The quantitative estimate of drug-likeness (QED) is 0.218. The number of carbonyl (C=O) groups is 4. The minimum atomic E-state index is -2.13. The van der Waals surface area contributed by atoms with Crippen LogP contribution in [0.1, 0.15) is 22.8 Å². The minimum absolute atomic E-state index is 0.0168. The predicted molar refractivity (Wildman–Crippen MR) is 130 cm³/mol. The highest BCUT2D eigenvalue weighted by Gasteiger charge is 2.74. The predicted octanol–water partition coefficient (Wildman–Crippen LogP) is 4.72. The lowest BCUT2D eigenvalue weighted by molar-refractivity contribution is -0.155. The van der Waals surface area contributed by atoms with E-state index < -0.39 is 29.2 Å². The molecule has 3 amide bonds. The maximum atomic E-state index is 14.0. The first kappa shape index (κ1) is 22.6. The first-order valence-corrected chi connectivity index (χ1v) is 11.3. The molecule has 2 aliphatic rings. The van der Waals surface area contributed by atoms with Crippen molar-refractivity contribution in [3.63, 3.8) is 0 Å². The van der Waals surface area contributed by atoms with Gasteiger partial charge < -0.3 is 4.74 Å². The zero-order valence-electron chi connectivity index (χ0n) is 18.6. The van der Waals surface area contributed by atoms with Crippen molar-refractivity contribution >= 4 is 46.6 Å². The second-order valence-electron chi connectivity index (χ2n) is 7.95. The maximum absolute atomic E-state index is 14.0. The van der Waals surface area contributed by atoms with Crippen molar-refractivity contribution in [2.24, 2.45) is 0 Å². The van der Waals surface area contributed by atoms with Crippen molar-refractivity contribution in [3.8, 4) is 0 Å². The van der Waals surface area contributed by atoms with E-state index in [9.17, 15) is 19.2 Å².